The summed E-state index contributed by atoms with van der Waals surface area (Å²) in [6.45, 7) is 0.527. The minimum absolute atomic E-state index is 0.150. The molecule has 0 fully saturated rings. The van der Waals surface area contributed by atoms with Crippen LogP contribution in [0.3, 0.4) is 0 Å². The van der Waals surface area contributed by atoms with Gasteiger partial charge in [-0.1, -0.05) is 78.9 Å². The van der Waals surface area contributed by atoms with Crippen LogP contribution in [-0.2, 0) is 18.8 Å². The Balaban J connectivity index is 1.47. The smallest absolute Gasteiger partial charge is 0.269 e. The molecule has 150 valence electrons. The van der Waals surface area contributed by atoms with Crippen LogP contribution in [0.2, 0.25) is 0 Å². The van der Waals surface area contributed by atoms with Crippen LogP contribution in [0.15, 0.2) is 95.9 Å². The summed E-state index contributed by atoms with van der Waals surface area (Å²) in [6, 6.07) is 27.5. The number of thioether (sulfide) groups is 1. The van der Waals surface area contributed by atoms with Crippen molar-refractivity contribution in [2.45, 2.75) is 31.6 Å². The van der Waals surface area contributed by atoms with Crippen LogP contribution >= 0.6 is 11.8 Å². The van der Waals surface area contributed by atoms with Crippen molar-refractivity contribution in [3.63, 3.8) is 0 Å². The van der Waals surface area contributed by atoms with Crippen molar-refractivity contribution in [3.05, 3.63) is 113 Å². The van der Waals surface area contributed by atoms with Gasteiger partial charge >= 0.3 is 0 Å². The Hall–Kier alpha value is -2.59. The molecular formula is C25H24F2OS. The molecule has 0 aliphatic rings. The third kappa shape index (κ3) is 7.39. The molecule has 3 aromatic carbocycles. The molecule has 0 radical (unpaired) electrons. The maximum Gasteiger partial charge on any atom is 0.269 e. The van der Waals surface area contributed by atoms with E-state index in [4.69, 9.17) is 4.74 Å². The summed E-state index contributed by atoms with van der Waals surface area (Å²) in [5.41, 5.74) is 3.28. The number of hydrogen-bond acceptors (Lipinski definition) is 2. The Morgan fingerprint density at radius 3 is 2.03 bits per heavy atom. The molecule has 0 spiro atoms. The maximum atomic E-state index is 13.3. The van der Waals surface area contributed by atoms with Gasteiger partial charge in [0.1, 0.15) is 12.4 Å². The highest BCUT2D eigenvalue weighted by atomic mass is 32.2. The quantitative estimate of drug-likeness (QED) is 0.347. The molecule has 0 amide bonds. The average Bonchev–Trinajstić information content (AvgIpc) is 2.76. The minimum atomic E-state index is -2.43. The largest absolute Gasteiger partial charge is 0.489 e. The number of alkyl halides is 2. The van der Waals surface area contributed by atoms with E-state index in [1.807, 2.05) is 84.9 Å². The fourth-order valence-corrected chi connectivity index (χ4v) is 3.71. The second-order valence-electron chi connectivity index (χ2n) is 6.64. The third-order valence-corrected chi connectivity index (χ3v) is 5.57. The predicted octanol–water partition coefficient (Wildman–Crippen LogP) is 7.28. The van der Waals surface area contributed by atoms with Crippen molar-refractivity contribution >= 4 is 11.8 Å². The summed E-state index contributed by atoms with van der Waals surface area (Å²) in [5.74, 6) is 1.37. The second-order valence-corrected chi connectivity index (χ2v) is 7.69. The number of ether oxygens (including phenoxy) is 1. The first-order chi connectivity index (χ1) is 14.2. The van der Waals surface area contributed by atoms with Gasteiger partial charge in [-0.25, -0.2) is 8.78 Å². The van der Waals surface area contributed by atoms with Crippen LogP contribution < -0.4 is 4.74 Å². The molecule has 0 bridgehead atoms. The van der Waals surface area contributed by atoms with Crippen LogP contribution in [0.25, 0.3) is 0 Å². The van der Waals surface area contributed by atoms with Crippen molar-refractivity contribution in [2.75, 3.05) is 0 Å². The average molecular weight is 411 g/mol. The zero-order valence-corrected chi connectivity index (χ0v) is 17.0. The van der Waals surface area contributed by atoms with Crippen LogP contribution in [0, 0.1) is 0 Å². The van der Waals surface area contributed by atoms with Gasteiger partial charge < -0.3 is 4.74 Å². The van der Waals surface area contributed by atoms with Gasteiger partial charge in [-0.3, -0.25) is 0 Å². The number of hydrogen-bond donors (Lipinski definition) is 0. The Kier molecular flexibility index (Phi) is 8.32. The summed E-state index contributed by atoms with van der Waals surface area (Å²) in [6.07, 6.45) is 0.544. The zero-order valence-electron chi connectivity index (χ0n) is 16.1. The molecular weight excluding hydrogens is 386 g/mol. The zero-order chi connectivity index (χ0) is 20.3. The number of rotatable bonds is 10. The van der Waals surface area contributed by atoms with Gasteiger partial charge in [-0.05, 0) is 41.7 Å². The van der Waals surface area contributed by atoms with E-state index in [9.17, 15) is 8.78 Å². The molecule has 0 saturated heterocycles. The molecule has 0 unspecified atom stereocenters. The summed E-state index contributed by atoms with van der Waals surface area (Å²) in [7, 11) is 0. The molecule has 0 saturated carbocycles. The molecule has 0 heterocycles. The molecule has 0 N–H and O–H groups in total. The van der Waals surface area contributed by atoms with Crippen molar-refractivity contribution < 1.29 is 13.5 Å². The molecule has 0 atom stereocenters. The Bertz CT molecular complexity index is 878. The SMILES string of the molecule is FC(F)/C(=C/CCc1ccc(OCc2ccccc2)cc1)SCc1ccccc1. The van der Waals surface area contributed by atoms with E-state index in [1.165, 1.54) is 11.8 Å². The number of aryl methyl sites for hydroxylation is 1. The number of benzene rings is 3. The van der Waals surface area contributed by atoms with E-state index in [-0.39, 0.29) is 4.91 Å². The standard InChI is InChI=1S/C25H24F2OS/c26-25(27)24(29-19-22-10-5-2-6-11-22)13-7-12-20-14-16-23(17-15-20)28-18-21-8-3-1-4-9-21/h1-6,8-11,13-17,25H,7,12,18-19H2/b24-13-. The lowest BCUT2D eigenvalue weighted by Crippen LogP contribution is -1.96. The first-order valence-corrected chi connectivity index (χ1v) is 10.6. The van der Waals surface area contributed by atoms with Gasteiger partial charge in [0.15, 0.2) is 0 Å². The number of halogens is 2. The van der Waals surface area contributed by atoms with Crippen molar-refractivity contribution in [2.24, 2.45) is 0 Å². The van der Waals surface area contributed by atoms with E-state index in [2.05, 4.69) is 0 Å². The topological polar surface area (TPSA) is 9.23 Å². The fraction of sp³-hybridized carbons (Fsp3) is 0.200. The van der Waals surface area contributed by atoms with Crippen LogP contribution in [0.1, 0.15) is 23.1 Å². The van der Waals surface area contributed by atoms with Crippen LogP contribution in [-0.4, -0.2) is 6.43 Å². The van der Waals surface area contributed by atoms with Crippen molar-refractivity contribution in [3.8, 4) is 5.75 Å². The van der Waals surface area contributed by atoms with E-state index >= 15 is 0 Å². The Labute approximate surface area is 175 Å². The fourth-order valence-electron chi connectivity index (χ4n) is 2.83. The molecule has 4 heteroatoms. The highest BCUT2D eigenvalue weighted by Crippen LogP contribution is 2.27. The van der Waals surface area contributed by atoms with E-state index in [0.29, 0.717) is 18.8 Å². The highest BCUT2D eigenvalue weighted by Gasteiger charge is 2.11. The third-order valence-electron chi connectivity index (χ3n) is 4.41. The van der Waals surface area contributed by atoms with Crippen molar-refractivity contribution in [1.29, 1.82) is 0 Å². The molecule has 0 aromatic heterocycles. The van der Waals surface area contributed by atoms with Gasteiger partial charge in [-0.2, -0.15) is 0 Å². The van der Waals surface area contributed by atoms with E-state index in [0.717, 1.165) is 28.9 Å². The second kappa shape index (κ2) is 11.4. The van der Waals surface area contributed by atoms with Crippen LogP contribution in [0.5, 0.6) is 5.75 Å². The van der Waals surface area contributed by atoms with Gasteiger partial charge in [0.05, 0.1) is 0 Å². The summed E-state index contributed by atoms with van der Waals surface area (Å²) >= 11 is 1.22. The molecule has 3 aromatic rings. The first kappa shape index (κ1) is 21.1. The van der Waals surface area contributed by atoms with Gasteiger partial charge in [-0.15, -0.1) is 11.8 Å². The molecule has 0 aliphatic heterocycles. The van der Waals surface area contributed by atoms with E-state index < -0.39 is 6.43 Å². The van der Waals surface area contributed by atoms with Gasteiger partial charge in [0, 0.05) is 10.7 Å². The summed E-state index contributed by atoms with van der Waals surface area (Å²) in [5, 5.41) is 0. The lowest BCUT2D eigenvalue weighted by atomic mass is 10.1. The van der Waals surface area contributed by atoms with Crippen molar-refractivity contribution in [1.82, 2.24) is 0 Å². The normalized spacial score (nSPS) is 11.6. The van der Waals surface area contributed by atoms with Crippen LogP contribution in [0.4, 0.5) is 8.78 Å². The number of allylic oxidation sites excluding steroid dienone is 2. The first-order valence-electron chi connectivity index (χ1n) is 9.61. The monoisotopic (exact) mass is 410 g/mol. The Morgan fingerprint density at radius 1 is 0.793 bits per heavy atom. The summed E-state index contributed by atoms with van der Waals surface area (Å²) in [4.78, 5) is 0.150. The predicted molar refractivity (Wildman–Crippen MR) is 117 cm³/mol. The molecule has 3 rings (SSSR count). The molecule has 29 heavy (non-hydrogen) atoms. The molecule has 0 aliphatic carbocycles. The maximum absolute atomic E-state index is 13.3. The minimum Gasteiger partial charge on any atom is -0.489 e. The Morgan fingerprint density at radius 2 is 1.41 bits per heavy atom. The highest BCUT2D eigenvalue weighted by molar-refractivity contribution is 8.02. The van der Waals surface area contributed by atoms with Gasteiger partial charge in [0.2, 0.25) is 0 Å². The van der Waals surface area contributed by atoms with Gasteiger partial charge in [0.25, 0.3) is 6.43 Å². The lowest BCUT2D eigenvalue weighted by Gasteiger charge is -2.08. The summed E-state index contributed by atoms with van der Waals surface area (Å²) < 4.78 is 32.4. The van der Waals surface area contributed by atoms with E-state index in [1.54, 1.807) is 6.08 Å². The molecule has 1 nitrogen and oxygen atoms in total. The lowest BCUT2D eigenvalue weighted by molar-refractivity contribution is 0.199.